The number of benzene rings is 1. The summed E-state index contributed by atoms with van der Waals surface area (Å²) in [5, 5.41) is 0.482. The maximum Gasteiger partial charge on any atom is 0.434 e. The molecule has 0 spiro atoms. The number of nitrogens with zero attached hydrogens (tertiary/aromatic N) is 4. The van der Waals surface area contributed by atoms with Crippen LogP contribution in [0.3, 0.4) is 0 Å². The third-order valence-corrected chi connectivity index (χ3v) is 7.47. The van der Waals surface area contributed by atoms with E-state index in [1.165, 1.54) is 4.31 Å². The van der Waals surface area contributed by atoms with E-state index in [4.69, 9.17) is 11.6 Å². The summed E-state index contributed by atoms with van der Waals surface area (Å²) in [6.45, 7) is 2.05. The molecule has 1 aromatic carbocycles. The van der Waals surface area contributed by atoms with Crippen LogP contribution in [0.1, 0.15) is 5.56 Å². The van der Waals surface area contributed by atoms with Crippen LogP contribution in [-0.2, 0) is 21.3 Å². The Labute approximate surface area is 209 Å². The number of alkyl halides is 6. The first-order valence-corrected chi connectivity index (χ1v) is 13.1. The molecule has 1 amide bonds. The first kappa shape index (κ1) is 28.6. The molecule has 0 radical (unpaired) electrons. The number of hydrogen-bond donors (Lipinski definition) is 0. The summed E-state index contributed by atoms with van der Waals surface area (Å²) >= 11 is 6.17. The van der Waals surface area contributed by atoms with Crippen LogP contribution in [0.15, 0.2) is 18.2 Å². The number of rotatable bonds is 5. The molecule has 2 saturated heterocycles. The van der Waals surface area contributed by atoms with Gasteiger partial charge in [0.2, 0.25) is 10.0 Å². The number of piperazine rings is 2. The van der Waals surface area contributed by atoms with Crippen LogP contribution in [0.4, 0.5) is 36.8 Å². The zero-order valence-corrected chi connectivity index (χ0v) is 20.7. The average molecular weight is 567 g/mol. The van der Waals surface area contributed by atoms with E-state index in [0.29, 0.717) is 37.7 Å². The zero-order chi connectivity index (χ0) is 26.9. The maximum atomic E-state index is 12.7. The Morgan fingerprint density at radius 3 is 2.03 bits per heavy atom. The molecule has 36 heavy (non-hydrogen) atoms. The lowest BCUT2D eigenvalue weighted by atomic mass is 10.1. The van der Waals surface area contributed by atoms with E-state index in [1.807, 2.05) is 9.80 Å². The summed E-state index contributed by atoms with van der Waals surface area (Å²) in [5.74, 6) is 0. The van der Waals surface area contributed by atoms with Gasteiger partial charge in [-0.15, -0.1) is 0 Å². The Hall–Kier alpha value is -1.97. The number of hydrogen-bond acceptors (Lipinski definition) is 6. The minimum Gasteiger partial charge on any atom is -0.426 e. The number of amides is 1. The van der Waals surface area contributed by atoms with Crippen molar-refractivity contribution in [3.63, 3.8) is 0 Å². The van der Waals surface area contributed by atoms with Crippen LogP contribution >= 0.6 is 11.6 Å². The monoisotopic (exact) mass is 566 g/mol. The fraction of sp³-hybridized carbons (Fsp3) is 0.650. The van der Waals surface area contributed by atoms with Crippen LogP contribution in [0.2, 0.25) is 5.02 Å². The topological polar surface area (TPSA) is 73.4 Å². The number of halogens is 7. The highest BCUT2D eigenvalue weighted by Gasteiger charge is 2.60. The SMILES string of the molecule is CS(=O)(=O)N1CCN(c2cc(Cl)ccc2CN2CCN(C(=O)OC(C(F)(F)F)C(F)(F)F)CC2)CC1. The van der Waals surface area contributed by atoms with E-state index in [1.54, 1.807) is 18.2 Å². The maximum absolute atomic E-state index is 12.7. The average Bonchev–Trinajstić information content (AvgIpc) is 2.77. The van der Waals surface area contributed by atoms with E-state index in [0.717, 1.165) is 22.4 Å². The standard InChI is InChI=1S/C20H25ClF6N4O4S/c1-36(33,34)31-10-8-29(9-11-31)16-12-15(21)3-2-14(16)13-28-4-6-30(7-5-28)18(32)35-17(19(22,23)24)20(25,26)27/h2-3,12,17H,4-11,13H2,1H3. The van der Waals surface area contributed by atoms with Crippen LogP contribution in [0.25, 0.3) is 0 Å². The van der Waals surface area contributed by atoms with Gasteiger partial charge in [0.05, 0.1) is 6.26 Å². The van der Waals surface area contributed by atoms with Gasteiger partial charge in [0.15, 0.2) is 0 Å². The summed E-state index contributed by atoms with van der Waals surface area (Å²) in [4.78, 5) is 16.7. The molecule has 0 saturated carbocycles. The van der Waals surface area contributed by atoms with Gasteiger partial charge < -0.3 is 14.5 Å². The zero-order valence-electron chi connectivity index (χ0n) is 19.1. The number of ether oxygens (including phenoxy) is 1. The van der Waals surface area contributed by atoms with Gasteiger partial charge in [-0.2, -0.15) is 30.6 Å². The van der Waals surface area contributed by atoms with Crippen molar-refractivity contribution < 1.29 is 44.3 Å². The molecule has 2 aliphatic heterocycles. The van der Waals surface area contributed by atoms with Gasteiger partial charge in [-0.1, -0.05) is 17.7 Å². The predicted molar refractivity (Wildman–Crippen MR) is 119 cm³/mol. The molecule has 8 nitrogen and oxygen atoms in total. The summed E-state index contributed by atoms with van der Waals surface area (Å²) in [6, 6.07) is 5.25. The number of sulfonamides is 1. The lowest BCUT2D eigenvalue weighted by Gasteiger charge is -2.38. The quantitative estimate of drug-likeness (QED) is 0.510. The third-order valence-electron chi connectivity index (χ3n) is 5.93. The smallest absolute Gasteiger partial charge is 0.426 e. The molecule has 0 aliphatic carbocycles. The van der Waals surface area contributed by atoms with Crippen molar-refractivity contribution in [3.05, 3.63) is 28.8 Å². The lowest BCUT2D eigenvalue weighted by molar-refractivity contribution is -0.308. The minimum atomic E-state index is -5.77. The highest BCUT2D eigenvalue weighted by molar-refractivity contribution is 7.88. The van der Waals surface area contributed by atoms with E-state index >= 15 is 0 Å². The Balaban J connectivity index is 1.60. The number of carbonyl (C=O) groups is 1. The van der Waals surface area contributed by atoms with E-state index < -0.39 is 34.6 Å². The number of anilines is 1. The van der Waals surface area contributed by atoms with Crippen LogP contribution in [0, 0.1) is 0 Å². The Bertz CT molecular complexity index is 1030. The highest BCUT2D eigenvalue weighted by atomic mass is 35.5. The van der Waals surface area contributed by atoms with Gasteiger partial charge in [0, 0.05) is 69.6 Å². The second-order valence-electron chi connectivity index (χ2n) is 8.53. The molecule has 2 heterocycles. The van der Waals surface area contributed by atoms with E-state index in [2.05, 4.69) is 4.74 Å². The van der Waals surface area contributed by atoms with Crippen molar-refractivity contribution in [2.24, 2.45) is 0 Å². The molecule has 204 valence electrons. The minimum absolute atomic E-state index is 0.114. The molecule has 2 aliphatic rings. The molecule has 0 N–H and O–H groups in total. The second-order valence-corrected chi connectivity index (χ2v) is 11.0. The van der Waals surface area contributed by atoms with Crippen molar-refractivity contribution in [1.82, 2.24) is 14.1 Å². The first-order chi connectivity index (χ1) is 16.6. The number of carbonyl (C=O) groups excluding carboxylic acids is 1. The molecule has 0 bridgehead atoms. The molecule has 2 fully saturated rings. The molecular formula is C20H25ClF6N4O4S. The van der Waals surface area contributed by atoms with Gasteiger partial charge >= 0.3 is 18.4 Å². The van der Waals surface area contributed by atoms with Crippen molar-refractivity contribution in [1.29, 1.82) is 0 Å². The lowest BCUT2D eigenvalue weighted by Crippen LogP contribution is -2.52. The third kappa shape index (κ3) is 7.29. The van der Waals surface area contributed by atoms with Crippen molar-refractivity contribution in [2.45, 2.75) is 25.0 Å². The van der Waals surface area contributed by atoms with Gasteiger partial charge in [0.1, 0.15) is 0 Å². The van der Waals surface area contributed by atoms with Gasteiger partial charge in [-0.05, 0) is 17.7 Å². The molecule has 3 rings (SSSR count). The van der Waals surface area contributed by atoms with Crippen LogP contribution in [-0.4, -0.2) is 106 Å². The molecular weight excluding hydrogens is 542 g/mol. The fourth-order valence-corrected chi connectivity index (χ4v) is 5.04. The Kier molecular flexibility index (Phi) is 8.57. The molecule has 0 aromatic heterocycles. The largest absolute Gasteiger partial charge is 0.434 e. The van der Waals surface area contributed by atoms with E-state index in [9.17, 15) is 39.6 Å². The summed E-state index contributed by atoms with van der Waals surface area (Å²) in [6.07, 6.45) is -16.3. The molecule has 0 atom stereocenters. The molecule has 1 aromatic rings. The van der Waals surface area contributed by atoms with Crippen LogP contribution < -0.4 is 4.90 Å². The van der Waals surface area contributed by atoms with Crippen molar-refractivity contribution in [3.8, 4) is 0 Å². The Morgan fingerprint density at radius 2 is 1.53 bits per heavy atom. The summed E-state index contributed by atoms with van der Waals surface area (Å²) < 4.78 is 105. The van der Waals surface area contributed by atoms with Gasteiger partial charge in [0.25, 0.3) is 6.10 Å². The van der Waals surface area contributed by atoms with Gasteiger partial charge in [-0.25, -0.2) is 13.2 Å². The highest BCUT2D eigenvalue weighted by Crippen LogP contribution is 2.36. The Morgan fingerprint density at radius 1 is 0.972 bits per heavy atom. The van der Waals surface area contributed by atoms with Crippen molar-refractivity contribution >= 4 is 33.4 Å². The van der Waals surface area contributed by atoms with Crippen LogP contribution in [0.5, 0.6) is 0 Å². The van der Waals surface area contributed by atoms with Crippen molar-refractivity contribution in [2.75, 3.05) is 63.5 Å². The van der Waals surface area contributed by atoms with Gasteiger partial charge in [-0.3, -0.25) is 4.90 Å². The fourth-order valence-electron chi connectivity index (χ4n) is 4.05. The predicted octanol–water partition coefficient (Wildman–Crippen LogP) is 3.17. The second kappa shape index (κ2) is 10.8. The molecule has 0 unspecified atom stereocenters. The molecule has 16 heteroatoms. The van der Waals surface area contributed by atoms with E-state index in [-0.39, 0.29) is 26.2 Å². The normalized spacial score (nSPS) is 19.1. The first-order valence-electron chi connectivity index (χ1n) is 10.9. The summed E-state index contributed by atoms with van der Waals surface area (Å²) in [5.41, 5.74) is 1.66. The summed E-state index contributed by atoms with van der Waals surface area (Å²) in [7, 11) is -3.30.